The van der Waals surface area contributed by atoms with Gasteiger partial charge in [-0.2, -0.15) is 4.98 Å². The minimum Gasteiger partial charge on any atom is -0.471 e. The van der Waals surface area contributed by atoms with Gasteiger partial charge in [0.15, 0.2) is 11.4 Å². The fourth-order valence-corrected chi connectivity index (χ4v) is 5.34. The van der Waals surface area contributed by atoms with Crippen LogP contribution in [0.2, 0.25) is 0 Å². The molecule has 1 amide bonds. The monoisotopic (exact) mass is 489 g/mol. The maximum Gasteiger partial charge on any atom is 0.299 e. The molecule has 3 aliphatic heterocycles. The van der Waals surface area contributed by atoms with Crippen LogP contribution in [0.15, 0.2) is 40.8 Å². The highest BCUT2D eigenvalue weighted by molar-refractivity contribution is 5.98. The Balaban J connectivity index is 1.50. The molecule has 3 aliphatic rings. The largest absolute Gasteiger partial charge is 0.471 e. The SMILES string of the molecule is Cc1ncccc1C1OC=C(C(N)=O)N1c1cc2oc(N3CCCCC3)nc2nc1N1CCCCC1. The van der Waals surface area contributed by atoms with Crippen molar-refractivity contribution in [2.45, 2.75) is 51.7 Å². The first-order chi connectivity index (χ1) is 17.6. The van der Waals surface area contributed by atoms with Crippen LogP contribution < -0.4 is 20.4 Å². The van der Waals surface area contributed by atoms with Gasteiger partial charge < -0.3 is 24.7 Å². The lowest BCUT2D eigenvalue weighted by Gasteiger charge is -2.34. The van der Waals surface area contributed by atoms with Crippen molar-refractivity contribution >= 4 is 34.7 Å². The van der Waals surface area contributed by atoms with Crippen LogP contribution in [0.25, 0.3) is 11.2 Å². The number of nitrogens with two attached hydrogens (primary N) is 1. The zero-order valence-corrected chi connectivity index (χ0v) is 20.5. The molecular formula is C26H31N7O3. The average Bonchev–Trinajstić information content (AvgIpc) is 3.54. The molecule has 0 bridgehead atoms. The van der Waals surface area contributed by atoms with Crippen LogP contribution in [0.5, 0.6) is 0 Å². The molecule has 0 radical (unpaired) electrons. The van der Waals surface area contributed by atoms with Crippen molar-refractivity contribution in [1.29, 1.82) is 0 Å². The Morgan fingerprint density at radius 1 is 1.03 bits per heavy atom. The number of aryl methyl sites for hydroxylation is 1. The number of pyridine rings is 2. The molecule has 1 unspecified atom stereocenters. The summed E-state index contributed by atoms with van der Waals surface area (Å²) in [6.45, 7) is 5.53. The molecule has 36 heavy (non-hydrogen) atoms. The van der Waals surface area contributed by atoms with Gasteiger partial charge in [-0.15, -0.1) is 0 Å². The van der Waals surface area contributed by atoms with Crippen LogP contribution in [-0.4, -0.2) is 47.0 Å². The Hall–Kier alpha value is -3.82. The summed E-state index contributed by atoms with van der Waals surface area (Å²) in [6.07, 6.45) is 9.40. The van der Waals surface area contributed by atoms with Gasteiger partial charge in [0.2, 0.25) is 11.9 Å². The number of primary amides is 1. The van der Waals surface area contributed by atoms with Crippen molar-refractivity contribution in [1.82, 2.24) is 15.0 Å². The number of carbonyl (C=O) groups is 1. The lowest BCUT2D eigenvalue weighted by Crippen LogP contribution is -2.35. The topological polar surface area (TPSA) is 114 Å². The molecular weight excluding hydrogens is 458 g/mol. The molecule has 2 saturated heterocycles. The maximum atomic E-state index is 12.5. The van der Waals surface area contributed by atoms with Crippen molar-refractivity contribution in [2.75, 3.05) is 40.9 Å². The molecule has 0 aliphatic carbocycles. The van der Waals surface area contributed by atoms with E-state index in [0.717, 1.165) is 68.9 Å². The lowest BCUT2D eigenvalue weighted by atomic mass is 10.1. The predicted octanol–water partition coefficient (Wildman–Crippen LogP) is 3.77. The Kier molecular flexibility index (Phi) is 5.86. The molecule has 1 atom stereocenters. The number of anilines is 3. The summed E-state index contributed by atoms with van der Waals surface area (Å²) in [6, 6.07) is 6.34. The average molecular weight is 490 g/mol. The maximum absolute atomic E-state index is 12.5. The van der Waals surface area contributed by atoms with Gasteiger partial charge >= 0.3 is 0 Å². The molecule has 2 fully saturated rings. The number of carbonyl (C=O) groups excluding carboxylic acids is 1. The van der Waals surface area contributed by atoms with Crippen molar-refractivity contribution < 1.29 is 13.9 Å². The van der Waals surface area contributed by atoms with Gasteiger partial charge in [-0.3, -0.25) is 14.7 Å². The Labute approximate surface area is 209 Å². The smallest absolute Gasteiger partial charge is 0.299 e. The van der Waals surface area contributed by atoms with E-state index in [0.29, 0.717) is 22.9 Å². The van der Waals surface area contributed by atoms with E-state index in [1.165, 1.54) is 19.1 Å². The number of ether oxygens (including phenoxy) is 1. The van der Waals surface area contributed by atoms with Gasteiger partial charge in [0, 0.05) is 49.7 Å². The number of hydrogen-bond donors (Lipinski definition) is 1. The van der Waals surface area contributed by atoms with Gasteiger partial charge in [-0.1, -0.05) is 0 Å². The Morgan fingerprint density at radius 3 is 2.44 bits per heavy atom. The molecule has 10 nitrogen and oxygen atoms in total. The number of hydrogen-bond acceptors (Lipinski definition) is 9. The number of rotatable bonds is 5. The quantitative estimate of drug-likeness (QED) is 0.572. The number of fused-ring (bicyclic) bond motifs is 1. The number of amides is 1. The molecule has 188 valence electrons. The molecule has 6 heterocycles. The summed E-state index contributed by atoms with van der Waals surface area (Å²) in [7, 11) is 0. The summed E-state index contributed by atoms with van der Waals surface area (Å²) in [4.78, 5) is 33.0. The van der Waals surface area contributed by atoms with E-state index in [4.69, 9.17) is 24.9 Å². The second-order valence-corrected chi connectivity index (χ2v) is 9.65. The van der Waals surface area contributed by atoms with Crippen molar-refractivity contribution in [3.05, 3.63) is 47.6 Å². The molecule has 6 rings (SSSR count). The van der Waals surface area contributed by atoms with E-state index in [2.05, 4.69) is 14.8 Å². The minimum atomic E-state index is -0.603. The van der Waals surface area contributed by atoms with E-state index >= 15 is 0 Å². The summed E-state index contributed by atoms with van der Waals surface area (Å²) in [5.41, 5.74) is 9.60. The van der Waals surface area contributed by atoms with Crippen LogP contribution in [-0.2, 0) is 9.53 Å². The fourth-order valence-electron chi connectivity index (χ4n) is 5.34. The zero-order chi connectivity index (χ0) is 24.6. The van der Waals surface area contributed by atoms with Crippen LogP contribution in [0, 0.1) is 6.92 Å². The van der Waals surface area contributed by atoms with E-state index < -0.39 is 12.1 Å². The zero-order valence-electron chi connectivity index (χ0n) is 20.5. The van der Waals surface area contributed by atoms with E-state index in [1.54, 1.807) is 6.20 Å². The van der Waals surface area contributed by atoms with E-state index in [1.807, 2.05) is 30.0 Å². The second-order valence-electron chi connectivity index (χ2n) is 9.65. The molecule has 0 aromatic carbocycles. The van der Waals surface area contributed by atoms with Crippen LogP contribution in [0.4, 0.5) is 17.5 Å². The van der Waals surface area contributed by atoms with Crippen molar-refractivity contribution in [2.24, 2.45) is 5.73 Å². The van der Waals surface area contributed by atoms with Gasteiger partial charge in [-0.05, 0) is 57.6 Å². The van der Waals surface area contributed by atoms with Crippen LogP contribution in [0.3, 0.4) is 0 Å². The van der Waals surface area contributed by atoms with E-state index in [-0.39, 0.29) is 5.70 Å². The third-order valence-corrected chi connectivity index (χ3v) is 7.24. The third kappa shape index (κ3) is 4.00. The number of aromatic nitrogens is 3. The normalized spacial score (nSPS) is 20.5. The third-order valence-electron chi connectivity index (χ3n) is 7.24. The van der Waals surface area contributed by atoms with Crippen LogP contribution in [0.1, 0.15) is 56.0 Å². The lowest BCUT2D eigenvalue weighted by molar-refractivity contribution is -0.114. The highest BCUT2D eigenvalue weighted by atomic mass is 16.5. The van der Waals surface area contributed by atoms with Crippen LogP contribution >= 0.6 is 0 Å². The summed E-state index contributed by atoms with van der Waals surface area (Å²) >= 11 is 0. The molecule has 3 aromatic rings. The first-order valence-corrected chi connectivity index (χ1v) is 12.8. The second kappa shape index (κ2) is 9.33. The van der Waals surface area contributed by atoms with Gasteiger partial charge in [0.25, 0.3) is 11.9 Å². The molecule has 0 saturated carbocycles. The van der Waals surface area contributed by atoms with Gasteiger partial charge in [0.1, 0.15) is 12.0 Å². The fraction of sp³-hybridized carbons (Fsp3) is 0.462. The predicted molar refractivity (Wildman–Crippen MR) is 136 cm³/mol. The minimum absolute atomic E-state index is 0.262. The summed E-state index contributed by atoms with van der Waals surface area (Å²) in [5.74, 6) is 0.181. The Morgan fingerprint density at radius 2 is 1.75 bits per heavy atom. The van der Waals surface area contributed by atoms with Gasteiger partial charge in [0.05, 0.1) is 5.69 Å². The van der Waals surface area contributed by atoms with E-state index in [9.17, 15) is 4.79 Å². The number of oxazole rings is 1. The first kappa shape index (κ1) is 22.6. The number of nitrogens with zero attached hydrogens (tertiary/aromatic N) is 6. The summed E-state index contributed by atoms with van der Waals surface area (Å²) in [5, 5.41) is 0. The summed E-state index contributed by atoms with van der Waals surface area (Å²) < 4.78 is 12.3. The molecule has 10 heteroatoms. The Bertz CT molecular complexity index is 1310. The highest BCUT2D eigenvalue weighted by Crippen LogP contribution is 2.43. The molecule has 0 spiro atoms. The standard InChI is InChI=1S/C26H31N7O3/c1-17-18(9-8-10-28-17)25-33(20(16-35-25)22(27)34)19-15-21-23(29-24(19)31-11-4-2-5-12-31)30-26(36-21)32-13-6-3-7-14-32/h8-10,15-16,25H,2-7,11-14H2,1H3,(H2,27,34). The van der Waals surface area contributed by atoms with Crippen molar-refractivity contribution in [3.63, 3.8) is 0 Å². The highest BCUT2D eigenvalue weighted by Gasteiger charge is 2.38. The number of piperidine rings is 2. The van der Waals surface area contributed by atoms with Crippen molar-refractivity contribution in [3.8, 4) is 0 Å². The first-order valence-electron chi connectivity index (χ1n) is 12.8. The van der Waals surface area contributed by atoms with Gasteiger partial charge in [-0.25, -0.2) is 4.98 Å². The molecule has 3 aromatic heterocycles. The molecule has 2 N–H and O–H groups in total.